The van der Waals surface area contributed by atoms with Gasteiger partial charge < -0.3 is 10.3 Å². The number of nitrogens with zero attached hydrogens (tertiary/aromatic N) is 1. The van der Waals surface area contributed by atoms with Gasteiger partial charge in [0.25, 0.3) is 11.5 Å². The average molecular weight is 243 g/mol. The van der Waals surface area contributed by atoms with Crippen LogP contribution in [-0.4, -0.2) is 15.9 Å². The first-order chi connectivity index (χ1) is 8.66. The highest BCUT2D eigenvalue weighted by atomic mass is 16.2. The second kappa shape index (κ2) is 5.27. The van der Waals surface area contributed by atoms with E-state index in [1.54, 1.807) is 0 Å². The molecule has 0 aliphatic rings. The van der Waals surface area contributed by atoms with Crippen LogP contribution in [0.2, 0.25) is 0 Å². The van der Waals surface area contributed by atoms with Crippen LogP contribution < -0.4 is 10.9 Å². The first-order valence-electron chi connectivity index (χ1n) is 5.57. The van der Waals surface area contributed by atoms with Crippen molar-refractivity contribution in [1.82, 2.24) is 15.3 Å². The quantitative estimate of drug-likeness (QED) is 0.852. The topological polar surface area (TPSA) is 74.8 Å². The standard InChI is InChI=1S/C13H13N3O2/c1-9(10-5-3-2-4-6-10)16-13(18)11-7-12(17)15-8-14-11/h2-9H,1H3,(H,16,18)(H,14,15,17). The van der Waals surface area contributed by atoms with Crippen molar-refractivity contribution < 1.29 is 4.79 Å². The Balaban J connectivity index is 2.11. The molecule has 0 aliphatic heterocycles. The molecule has 0 saturated carbocycles. The van der Waals surface area contributed by atoms with Crippen LogP contribution in [0.25, 0.3) is 0 Å². The normalized spacial score (nSPS) is 11.8. The summed E-state index contributed by atoms with van der Waals surface area (Å²) < 4.78 is 0. The number of rotatable bonds is 3. The molecule has 1 heterocycles. The van der Waals surface area contributed by atoms with Gasteiger partial charge in [-0.3, -0.25) is 9.59 Å². The number of hydrogen-bond donors (Lipinski definition) is 2. The molecule has 1 atom stereocenters. The van der Waals surface area contributed by atoms with Gasteiger partial charge in [0, 0.05) is 6.07 Å². The summed E-state index contributed by atoms with van der Waals surface area (Å²) in [6, 6.07) is 10.6. The van der Waals surface area contributed by atoms with Crippen LogP contribution in [0.1, 0.15) is 29.0 Å². The smallest absolute Gasteiger partial charge is 0.270 e. The maximum absolute atomic E-state index is 11.9. The van der Waals surface area contributed by atoms with E-state index in [2.05, 4.69) is 15.3 Å². The van der Waals surface area contributed by atoms with Crippen molar-refractivity contribution in [3.05, 3.63) is 64.3 Å². The van der Waals surface area contributed by atoms with Crippen molar-refractivity contribution in [2.75, 3.05) is 0 Å². The summed E-state index contributed by atoms with van der Waals surface area (Å²) in [6.45, 7) is 1.88. The Hall–Kier alpha value is -2.43. The second-order valence-corrected chi connectivity index (χ2v) is 3.90. The van der Waals surface area contributed by atoms with Gasteiger partial charge in [-0.1, -0.05) is 30.3 Å². The molecule has 0 bridgehead atoms. The van der Waals surface area contributed by atoms with Gasteiger partial charge in [-0.2, -0.15) is 0 Å². The lowest BCUT2D eigenvalue weighted by atomic mass is 10.1. The van der Waals surface area contributed by atoms with E-state index in [0.717, 1.165) is 5.56 Å². The highest BCUT2D eigenvalue weighted by Crippen LogP contribution is 2.11. The molecule has 5 heteroatoms. The fourth-order valence-electron chi connectivity index (χ4n) is 1.59. The lowest BCUT2D eigenvalue weighted by Gasteiger charge is -2.13. The zero-order valence-corrected chi connectivity index (χ0v) is 9.88. The summed E-state index contributed by atoms with van der Waals surface area (Å²) >= 11 is 0. The lowest BCUT2D eigenvalue weighted by molar-refractivity contribution is 0.0934. The van der Waals surface area contributed by atoms with Crippen molar-refractivity contribution in [3.63, 3.8) is 0 Å². The van der Waals surface area contributed by atoms with E-state index >= 15 is 0 Å². The molecule has 2 N–H and O–H groups in total. The van der Waals surface area contributed by atoms with Gasteiger partial charge in [0.2, 0.25) is 0 Å². The predicted octanol–water partition coefficient (Wildman–Crippen LogP) is 1.26. The number of nitrogens with one attached hydrogen (secondary N) is 2. The van der Waals surface area contributed by atoms with Crippen molar-refractivity contribution in [3.8, 4) is 0 Å². The number of amides is 1. The van der Waals surface area contributed by atoms with E-state index in [4.69, 9.17) is 0 Å². The van der Waals surface area contributed by atoms with Crippen LogP contribution in [-0.2, 0) is 0 Å². The predicted molar refractivity (Wildman–Crippen MR) is 67.2 cm³/mol. The molecular formula is C13H13N3O2. The third kappa shape index (κ3) is 2.82. The van der Waals surface area contributed by atoms with Crippen molar-refractivity contribution >= 4 is 5.91 Å². The fourth-order valence-corrected chi connectivity index (χ4v) is 1.59. The van der Waals surface area contributed by atoms with E-state index in [9.17, 15) is 9.59 Å². The summed E-state index contributed by atoms with van der Waals surface area (Å²) in [4.78, 5) is 29.1. The molecule has 1 unspecified atom stereocenters. The molecule has 0 spiro atoms. The Kier molecular flexibility index (Phi) is 3.52. The Morgan fingerprint density at radius 3 is 2.72 bits per heavy atom. The average Bonchev–Trinajstić information content (AvgIpc) is 2.39. The summed E-state index contributed by atoms with van der Waals surface area (Å²) in [6.07, 6.45) is 1.21. The van der Waals surface area contributed by atoms with Crippen LogP contribution in [0.3, 0.4) is 0 Å². The van der Waals surface area contributed by atoms with Gasteiger partial charge in [-0.25, -0.2) is 4.98 Å². The number of carbonyl (C=O) groups excluding carboxylic acids is 1. The third-order valence-electron chi connectivity index (χ3n) is 2.56. The first kappa shape index (κ1) is 12.0. The van der Waals surface area contributed by atoms with Gasteiger partial charge in [0.05, 0.1) is 12.4 Å². The molecule has 0 aliphatic carbocycles. The molecular weight excluding hydrogens is 230 g/mol. The Morgan fingerprint density at radius 1 is 1.33 bits per heavy atom. The molecule has 5 nitrogen and oxygen atoms in total. The largest absolute Gasteiger partial charge is 0.344 e. The molecule has 0 fully saturated rings. The number of hydrogen-bond acceptors (Lipinski definition) is 3. The van der Waals surface area contributed by atoms with Crippen LogP contribution in [0, 0.1) is 0 Å². The molecule has 0 radical (unpaired) electrons. The molecule has 0 saturated heterocycles. The Morgan fingerprint density at radius 2 is 2.06 bits per heavy atom. The van der Waals surface area contributed by atoms with Crippen LogP contribution in [0.5, 0.6) is 0 Å². The van der Waals surface area contributed by atoms with Crippen molar-refractivity contribution in [1.29, 1.82) is 0 Å². The minimum Gasteiger partial charge on any atom is -0.344 e. The van der Waals surface area contributed by atoms with E-state index in [1.807, 2.05) is 37.3 Å². The minimum absolute atomic E-state index is 0.113. The van der Waals surface area contributed by atoms with Gasteiger partial charge in [0.15, 0.2) is 0 Å². The maximum Gasteiger partial charge on any atom is 0.270 e. The summed E-state index contributed by atoms with van der Waals surface area (Å²) in [7, 11) is 0. The molecule has 92 valence electrons. The molecule has 1 aromatic carbocycles. The summed E-state index contributed by atoms with van der Waals surface area (Å²) in [5.41, 5.74) is 0.764. The van der Waals surface area contributed by atoms with E-state index in [1.165, 1.54) is 12.4 Å². The lowest BCUT2D eigenvalue weighted by Crippen LogP contribution is -2.28. The highest BCUT2D eigenvalue weighted by molar-refractivity contribution is 5.92. The number of aromatic amines is 1. The summed E-state index contributed by atoms with van der Waals surface area (Å²) in [5, 5.41) is 2.79. The number of H-pyrrole nitrogens is 1. The van der Waals surface area contributed by atoms with Gasteiger partial charge in [0.1, 0.15) is 5.69 Å². The van der Waals surface area contributed by atoms with Gasteiger partial charge in [-0.05, 0) is 12.5 Å². The molecule has 2 rings (SSSR count). The zero-order valence-electron chi connectivity index (χ0n) is 9.88. The van der Waals surface area contributed by atoms with E-state index in [0.29, 0.717) is 0 Å². The Labute approximate surface area is 104 Å². The van der Waals surface area contributed by atoms with Crippen molar-refractivity contribution in [2.24, 2.45) is 0 Å². The summed E-state index contributed by atoms with van der Waals surface area (Å²) in [5.74, 6) is -0.363. The fraction of sp³-hybridized carbons (Fsp3) is 0.154. The molecule has 1 aromatic heterocycles. The van der Waals surface area contributed by atoms with E-state index < -0.39 is 0 Å². The molecule has 1 amide bonds. The zero-order chi connectivity index (χ0) is 13.0. The van der Waals surface area contributed by atoms with Crippen LogP contribution >= 0.6 is 0 Å². The maximum atomic E-state index is 11.9. The number of aromatic nitrogens is 2. The monoisotopic (exact) mass is 243 g/mol. The van der Waals surface area contributed by atoms with Crippen molar-refractivity contribution in [2.45, 2.75) is 13.0 Å². The molecule has 18 heavy (non-hydrogen) atoms. The minimum atomic E-state index is -0.363. The van der Waals surface area contributed by atoms with Gasteiger partial charge >= 0.3 is 0 Å². The van der Waals surface area contributed by atoms with E-state index in [-0.39, 0.29) is 23.2 Å². The first-order valence-corrected chi connectivity index (χ1v) is 5.57. The Bertz CT molecular complexity index is 592. The number of carbonyl (C=O) groups is 1. The molecule has 2 aromatic rings. The SMILES string of the molecule is CC(NC(=O)c1cc(=O)[nH]cn1)c1ccccc1. The van der Waals surface area contributed by atoms with Crippen LogP contribution in [0.15, 0.2) is 47.5 Å². The second-order valence-electron chi connectivity index (χ2n) is 3.90. The highest BCUT2D eigenvalue weighted by Gasteiger charge is 2.12. The third-order valence-corrected chi connectivity index (χ3v) is 2.56. The van der Waals surface area contributed by atoms with Gasteiger partial charge in [-0.15, -0.1) is 0 Å². The number of benzene rings is 1. The van der Waals surface area contributed by atoms with Crippen LogP contribution in [0.4, 0.5) is 0 Å².